The van der Waals surface area contributed by atoms with Crippen LogP contribution >= 0.6 is 43.2 Å². The second-order valence-corrected chi connectivity index (χ2v) is 7.39. The second-order valence-electron chi connectivity index (χ2n) is 3.98. The van der Waals surface area contributed by atoms with Crippen LogP contribution in [0.2, 0.25) is 0 Å². The summed E-state index contributed by atoms with van der Waals surface area (Å²) in [4.78, 5) is 1.23. The van der Waals surface area contributed by atoms with Gasteiger partial charge >= 0.3 is 0 Å². The summed E-state index contributed by atoms with van der Waals surface area (Å²) in [5.41, 5.74) is 0.673. The molecule has 0 spiro atoms. The molecule has 0 aliphatic heterocycles. The Hall–Kier alpha value is -0.230. The molecular weight excluding hydrogens is 381 g/mol. The zero-order chi connectivity index (χ0) is 13.1. The number of benzene rings is 1. The van der Waals surface area contributed by atoms with Crippen molar-refractivity contribution < 1.29 is 4.39 Å². The monoisotopic (exact) mass is 391 g/mol. The molecule has 0 saturated carbocycles. The lowest BCUT2D eigenvalue weighted by molar-refractivity contribution is 0.549. The SMILES string of the molecule is CC(NCc1cc(Br)ccc1F)c1ccc(Br)s1. The van der Waals surface area contributed by atoms with Crippen LogP contribution in [0.5, 0.6) is 0 Å². The van der Waals surface area contributed by atoms with Gasteiger partial charge in [0.25, 0.3) is 0 Å². The molecule has 0 amide bonds. The third-order valence-electron chi connectivity index (χ3n) is 2.63. The summed E-state index contributed by atoms with van der Waals surface area (Å²) in [5.74, 6) is -0.176. The lowest BCUT2D eigenvalue weighted by Crippen LogP contribution is -2.17. The number of hydrogen-bond acceptors (Lipinski definition) is 2. The topological polar surface area (TPSA) is 12.0 Å². The first-order chi connectivity index (χ1) is 8.56. The maximum absolute atomic E-state index is 13.6. The van der Waals surface area contributed by atoms with E-state index in [1.807, 2.05) is 6.07 Å². The zero-order valence-electron chi connectivity index (χ0n) is 9.71. The molecule has 0 saturated heterocycles. The van der Waals surface area contributed by atoms with Crippen molar-refractivity contribution in [3.63, 3.8) is 0 Å². The van der Waals surface area contributed by atoms with Crippen molar-refractivity contribution in [2.24, 2.45) is 0 Å². The Morgan fingerprint density at radius 2 is 2.06 bits per heavy atom. The summed E-state index contributed by atoms with van der Waals surface area (Å²) in [5, 5.41) is 3.33. The Bertz CT molecular complexity index is 542. The van der Waals surface area contributed by atoms with Crippen molar-refractivity contribution in [1.82, 2.24) is 5.32 Å². The highest BCUT2D eigenvalue weighted by Crippen LogP contribution is 2.27. The Kier molecular flexibility index (Phi) is 4.95. The molecule has 0 fully saturated rings. The van der Waals surface area contributed by atoms with Crippen LogP contribution in [0.15, 0.2) is 38.6 Å². The number of rotatable bonds is 4. The fourth-order valence-corrected chi connectivity index (χ4v) is 3.46. The molecule has 0 aliphatic rings. The van der Waals surface area contributed by atoms with Gasteiger partial charge in [0.2, 0.25) is 0 Å². The summed E-state index contributed by atoms with van der Waals surface area (Å²) < 4.78 is 15.6. The normalized spacial score (nSPS) is 12.7. The van der Waals surface area contributed by atoms with Crippen molar-refractivity contribution >= 4 is 43.2 Å². The van der Waals surface area contributed by atoms with Gasteiger partial charge < -0.3 is 5.32 Å². The fourth-order valence-electron chi connectivity index (χ4n) is 1.60. The van der Waals surface area contributed by atoms with Crippen molar-refractivity contribution in [3.05, 3.63) is 54.8 Å². The minimum Gasteiger partial charge on any atom is -0.305 e. The van der Waals surface area contributed by atoms with Gasteiger partial charge in [-0.1, -0.05) is 15.9 Å². The predicted molar refractivity (Wildman–Crippen MR) is 81.4 cm³/mol. The molecule has 1 unspecified atom stereocenters. The summed E-state index contributed by atoms with van der Waals surface area (Å²) in [6.07, 6.45) is 0. The molecular formula is C13H12Br2FNS. The third-order valence-corrected chi connectivity index (χ3v) is 4.93. The smallest absolute Gasteiger partial charge is 0.127 e. The Morgan fingerprint density at radius 1 is 1.28 bits per heavy atom. The molecule has 1 aromatic carbocycles. The first-order valence-corrected chi connectivity index (χ1v) is 7.89. The van der Waals surface area contributed by atoms with Crippen LogP contribution in [0.3, 0.4) is 0 Å². The van der Waals surface area contributed by atoms with E-state index in [4.69, 9.17) is 0 Å². The van der Waals surface area contributed by atoms with Crippen LogP contribution in [-0.4, -0.2) is 0 Å². The maximum Gasteiger partial charge on any atom is 0.127 e. The van der Waals surface area contributed by atoms with E-state index in [2.05, 4.69) is 50.2 Å². The Labute approximate surface area is 127 Å². The average molecular weight is 393 g/mol. The van der Waals surface area contributed by atoms with Gasteiger partial charge in [-0.2, -0.15) is 0 Å². The minimum atomic E-state index is -0.176. The molecule has 1 aromatic heterocycles. The summed E-state index contributed by atoms with van der Waals surface area (Å²) in [6, 6.07) is 9.30. The zero-order valence-corrected chi connectivity index (χ0v) is 13.7. The number of hydrogen-bond donors (Lipinski definition) is 1. The van der Waals surface area contributed by atoms with Gasteiger partial charge in [0.1, 0.15) is 5.82 Å². The molecule has 1 atom stereocenters. The predicted octanol–water partition coefficient (Wildman–Crippen LogP) is 5.26. The fraction of sp³-hybridized carbons (Fsp3) is 0.231. The van der Waals surface area contributed by atoms with E-state index in [0.29, 0.717) is 12.1 Å². The molecule has 1 nitrogen and oxygen atoms in total. The van der Waals surface area contributed by atoms with Crippen LogP contribution in [0.1, 0.15) is 23.4 Å². The van der Waals surface area contributed by atoms with E-state index >= 15 is 0 Å². The van der Waals surface area contributed by atoms with E-state index in [-0.39, 0.29) is 11.9 Å². The number of halogens is 3. The van der Waals surface area contributed by atoms with Gasteiger partial charge in [-0.15, -0.1) is 11.3 Å². The molecule has 0 radical (unpaired) electrons. The second kappa shape index (κ2) is 6.28. The van der Waals surface area contributed by atoms with Gasteiger partial charge in [-0.3, -0.25) is 0 Å². The van der Waals surface area contributed by atoms with E-state index in [9.17, 15) is 4.39 Å². The molecule has 5 heteroatoms. The Morgan fingerprint density at radius 3 is 2.72 bits per heavy atom. The van der Waals surface area contributed by atoms with Gasteiger partial charge in [0.05, 0.1) is 3.79 Å². The van der Waals surface area contributed by atoms with Crippen LogP contribution in [0.25, 0.3) is 0 Å². The highest BCUT2D eigenvalue weighted by atomic mass is 79.9. The van der Waals surface area contributed by atoms with Crippen LogP contribution in [0.4, 0.5) is 4.39 Å². The molecule has 1 heterocycles. The summed E-state index contributed by atoms with van der Waals surface area (Å²) in [7, 11) is 0. The van der Waals surface area contributed by atoms with E-state index in [1.165, 1.54) is 10.9 Å². The highest BCUT2D eigenvalue weighted by Gasteiger charge is 2.09. The maximum atomic E-state index is 13.6. The third kappa shape index (κ3) is 3.63. The number of nitrogens with one attached hydrogen (secondary N) is 1. The molecule has 96 valence electrons. The average Bonchev–Trinajstić information content (AvgIpc) is 2.77. The quantitative estimate of drug-likeness (QED) is 0.747. The minimum absolute atomic E-state index is 0.176. The van der Waals surface area contributed by atoms with Crippen LogP contribution < -0.4 is 5.32 Å². The van der Waals surface area contributed by atoms with Crippen LogP contribution in [0, 0.1) is 5.82 Å². The highest BCUT2D eigenvalue weighted by molar-refractivity contribution is 9.11. The molecule has 2 rings (SSSR count). The number of thiophene rings is 1. The largest absolute Gasteiger partial charge is 0.305 e. The van der Waals surface area contributed by atoms with Crippen LogP contribution in [-0.2, 0) is 6.54 Å². The van der Waals surface area contributed by atoms with Crippen molar-refractivity contribution in [1.29, 1.82) is 0 Å². The first kappa shape index (κ1) is 14.2. The molecule has 0 bridgehead atoms. The van der Waals surface area contributed by atoms with E-state index in [1.54, 1.807) is 23.5 Å². The van der Waals surface area contributed by atoms with E-state index in [0.717, 1.165) is 8.26 Å². The first-order valence-electron chi connectivity index (χ1n) is 5.49. The lowest BCUT2D eigenvalue weighted by atomic mass is 10.2. The summed E-state index contributed by atoms with van der Waals surface area (Å²) in [6.45, 7) is 2.59. The lowest BCUT2D eigenvalue weighted by Gasteiger charge is -2.12. The van der Waals surface area contributed by atoms with Gasteiger partial charge in [0, 0.05) is 27.5 Å². The van der Waals surface area contributed by atoms with Crippen molar-refractivity contribution in [2.75, 3.05) is 0 Å². The van der Waals surface area contributed by atoms with E-state index < -0.39 is 0 Å². The van der Waals surface area contributed by atoms with Gasteiger partial charge in [-0.05, 0) is 53.2 Å². The molecule has 2 aromatic rings. The molecule has 1 N–H and O–H groups in total. The molecule has 18 heavy (non-hydrogen) atoms. The standard InChI is InChI=1S/C13H12Br2FNS/c1-8(12-4-5-13(15)18-12)17-7-9-6-10(14)2-3-11(9)16/h2-6,8,17H,7H2,1H3. The van der Waals surface area contributed by atoms with Gasteiger partial charge in [-0.25, -0.2) is 4.39 Å². The summed E-state index contributed by atoms with van der Waals surface area (Å²) >= 11 is 8.48. The van der Waals surface area contributed by atoms with Gasteiger partial charge in [0.15, 0.2) is 0 Å². The Balaban J connectivity index is 2.01. The molecule has 0 aliphatic carbocycles. The van der Waals surface area contributed by atoms with Crippen molar-refractivity contribution in [3.8, 4) is 0 Å². The van der Waals surface area contributed by atoms with Crippen molar-refractivity contribution in [2.45, 2.75) is 19.5 Å².